The fourth-order valence-electron chi connectivity index (χ4n) is 1.73. The molecule has 2 rings (SSSR count). The molecular formula is C10H6O3. The largest absolute Gasteiger partial charge is 0.301 e. The molecule has 2 aliphatic rings. The van der Waals surface area contributed by atoms with Gasteiger partial charge in [0.05, 0.1) is 0 Å². The van der Waals surface area contributed by atoms with Crippen LogP contribution in [0.2, 0.25) is 0 Å². The zero-order valence-electron chi connectivity index (χ0n) is 6.69. The van der Waals surface area contributed by atoms with E-state index < -0.39 is 11.2 Å². The molecule has 0 saturated heterocycles. The van der Waals surface area contributed by atoms with E-state index in [0.29, 0.717) is 17.4 Å². The molecule has 0 aromatic heterocycles. The third kappa shape index (κ3) is 0.710. The maximum atomic E-state index is 11.3. The van der Waals surface area contributed by atoms with E-state index >= 15 is 0 Å². The first-order valence-corrected chi connectivity index (χ1v) is 3.82. The molecule has 3 nitrogen and oxygen atoms in total. The minimum absolute atomic E-state index is 0.203. The van der Waals surface area contributed by atoms with Gasteiger partial charge in [0, 0.05) is 0 Å². The smallest absolute Gasteiger partial charge is 0.217 e. The van der Waals surface area contributed by atoms with E-state index in [-0.39, 0.29) is 6.29 Å². The Morgan fingerprint density at radius 3 is 2.00 bits per heavy atom. The van der Waals surface area contributed by atoms with Gasteiger partial charge in [0.1, 0.15) is 11.7 Å². The molecule has 0 saturated carbocycles. The van der Waals surface area contributed by atoms with Gasteiger partial charge in [-0.3, -0.25) is 9.59 Å². The SMILES string of the molecule is O=CC(=O)C1(C=O)C2=CC=C1C=C2. The van der Waals surface area contributed by atoms with Crippen molar-refractivity contribution in [2.24, 2.45) is 5.41 Å². The van der Waals surface area contributed by atoms with Gasteiger partial charge in [-0.2, -0.15) is 0 Å². The third-order valence-electron chi connectivity index (χ3n) is 2.47. The first-order valence-electron chi connectivity index (χ1n) is 3.82. The summed E-state index contributed by atoms with van der Waals surface area (Å²) in [7, 11) is 0. The number of Topliss-reactive ketones (excluding diaryl/α,β-unsaturated/α-hetero) is 1. The molecule has 0 N–H and O–H groups in total. The molecular weight excluding hydrogens is 168 g/mol. The molecule has 2 aliphatic carbocycles. The monoisotopic (exact) mass is 174 g/mol. The minimum atomic E-state index is -1.30. The van der Waals surface area contributed by atoms with E-state index in [1.54, 1.807) is 24.3 Å². The van der Waals surface area contributed by atoms with Crippen LogP contribution in [0.3, 0.4) is 0 Å². The van der Waals surface area contributed by atoms with Crippen LogP contribution in [0.4, 0.5) is 0 Å². The summed E-state index contributed by atoms with van der Waals surface area (Å²) in [5.41, 5.74) is -0.119. The predicted molar refractivity (Wildman–Crippen MR) is 44.9 cm³/mol. The topological polar surface area (TPSA) is 51.2 Å². The van der Waals surface area contributed by atoms with Crippen molar-refractivity contribution in [3.8, 4) is 0 Å². The second-order valence-electron chi connectivity index (χ2n) is 2.99. The lowest BCUT2D eigenvalue weighted by molar-refractivity contribution is -0.136. The van der Waals surface area contributed by atoms with Crippen LogP contribution < -0.4 is 0 Å². The Morgan fingerprint density at radius 2 is 1.69 bits per heavy atom. The van der Waals surface area contributed by atoms with Gasteiger partial charge in [0.15, 0.2) is 6.29 Å². The lowest BCUT2D eigenvalue weighted by atomic mass is 9.79. The van der Waals surface area contributed by atoms with Crippen LogP contribution >= 0.6 is 0 Å². The summed E-state index contributed by atoms with van der Waals surface area (Å²) < 4.78 is 0. The molecule has 0 fully saturated rings. The summed E-state index contributed by atoms with van der Waals surface area (Å²) in [6.45, 7) is 0. The van der Waals surface area contributed by atoms with Crippen molar-refractivity contribution >= 4 is 18.4 Å². The van der Waals surface area contributed by atoms with Gasteiger partial charge in [-0.15, -0.1) is 0 Å². The Balaban J connectivity index is 2.58. The number of carbonyl (C=O) groups is 3. The molecule has 2 bridgehead atoms. The van der Waals surface area contributed by atoms with Crippen molar-refractivity contribution in [1.82, 2.24) is 0 Å². The van der Waals surface area contributed by atoms with Crippen molar-refractivity contribution < 1.29 is 14.4 Å². The molecule has 0 atom stereocenters. The Hall–Kier alpha value is -1.77. The van der Waals surface area contributed by atoms with Gasteiger partial charge in [-0.05, 0) is 11.1 Å². The fourth-order valence-corrected chi connectivity index (χ4v) is 1.73. The molecule has 0 aromatic rings. The Morgan fingerprint density at radius 1 is 1.15 bits per heavy atom. The van der Waals surface area contributed by atoms with Crippen LogP contribution in [0.25, 0.3) is 0 Å². The lowest BCUT2D eigenvalue weighted by Gasteiger charge is -2.17. The third-order valence-corrected chi connectivity index (χ3v) is 2.47. The molecule has 0 aromatic carbocycles. The summed E-state index contributed by atoms with van der Waals surface area (Å²) in [4.78, 5) is 32.6. The second kappa shape index (κ2) is 2.36. The molecule has 0 heterocycles. The fraction of sp³-hybridized carbons (Fsp3) is 0.100. The number of aldehydes is 2. The highest BCUT2D eigenvalue weighted by molar-refractivity contribution is 6.35. The van der Waals surface area contributed by atoms with Gasteiger partial charge >= 0.3 is 0 Å². The molecule has 3 heteroatoms. The van der Waals surface area contributed by atoms with Crippen molar-refractivity contribution in [2.45, 2.75) is 0 Å². The zero-order chi connectivity index (χ0) is 9.47. The summed E-state index contributed by atoms with van der Waals surface area (Å²) in [5, 5.41) is 0. The van der Waals surface area contributed by atoms with E-state index in [9.17, 15) is 14.4 Å². The summed E-state index contributed by atoms with van der Waals surface area (Å²) in [6.07, 6.45) is 7.48. The van der Waals surface area contributed by atoms with Crippen molar-refractivity contribution in [3.63, 3.8) is 0 Å². The van der Waals surface area contributed by atoms with Crippen LogP contribution in [0.5, 0.6) is 0 Å². The molecule has 0 aliphatic heterocycles. The first kappa shape index (κ1) is 7.86. The van der Waals surface area contributed by atoms with E-state index in [4.69, 9.17) is 0 Å². The van der Waals surface area contributed by atoms with Crippen molar-refractivity contribution in [2.75, 3.05) is 0 Å². The Kier molecular flexibility index (Phi) is 1.42. The number of hydrogen-bond acceptors (Lipinski definition) is 3. The number of hydrogen-bond donors (Lipinski definition) is 0. The maximum absolute atomic E-state index is 11.3. The minimum Gasteiger partial charge on any atom is -0.301 e. The van der Waals surface area contributed by atoms with Crippen LogP contribution in [-0.4, -0.2) is 18.4 Å². The van der Waals surface area contributed by atoms with Crippen LogP contribution in [0, 0.1) is 5.41 Å². The average molecular weight is 174 g/mol. The normalized spacial score (nSPS) is 20.9. The lowest BCUT2D eigenvalue weighted by Crippen LogP contribution is -2.33. The van der Waals surface area contributed by atoms with Gasteiger partial charge < -0.3 is 4.79 Å². The molecule has 13 heavy (non-hydrogen) atoms. The number of carbonyl (C=O) groups excluding carboxylic acids is 3. The summed E-state index contributed by atoms with van der Waals surface area (Å²) in [5.74, 6) is -0.692. The van der Waals surface area contributed by atoms with E-state index in [2.05, 4.69) is 0 Å². The van der Waals surface area contributed by atoms with Crippen molar-refractivity contribution in [1.29, 1.82) is 0 Å². The summed E-state index contributed by atoms with van der Waals surface area (Å²) in [6, 6.07) is 0. The maximum Gasteiger partial charge on any atom is 0.217 e. The quantitative estimate of drug-likeness (QED) is 0.353. The van der Waals surface area contributed by atoms with Crippen LogP contribution in [0.1, 0.15) is 0 Å². The zero-order valence-corrected chi connectivity index (χ0v) is 6.69. The van der Waals surface area contributed by atoms with Gasteiger partial charge in [0.25, 0.3) is 0 Å². The molecule has 64 valence electrons. The number of ketones is 1. The van der Waals surface area contributed by atoms with E-state index in [0.717, 1.165) is 0 Å². The number of allylic oxidation sites excluding steroid dienone is 6. The molecule has 0 amide bonds. The molecule has 0 unspecified atom stereocenters. The number of fused-ring (bicyclic) bond motifs is 2. The second-order valence-corrected chi connectivity index (χ2v) is 2.99. The highest BCUT2D eigenvalue weighted by Gasteiger charge is 2.48. The highest BCUT2D eigenvalue weighted by Crippen LogP contribution is 2.45. The van der Waals surface area contributed by atoms with Crippen LogP contribution in [-0.2, 0) is 14.4 Å². The average Bonchev–Trinajstić information content (AvgIpc) is 2.71. The Labute approximate surface area is 74.4 Å². The van der Waals surface area contributed by atoms with Gasteiger partial charge in [-0.25, -0.2) is 0 Å². The van der Waals surface area contributed by atoms with Crippen LogP contribution in [0.15, 0.2) is 35.5 Å². The van der Waals surface area contributed by atoms with Gasteiger partial charge in [0.2, 0.25) is 5.78 Å². The van der Waals surface area contributed by atoms with Crippen molar-refractivity contribution in [3.05, 3.63) is 35.5 Å². The summed E-state index contributed by atoms with van der Waals surface area (Å²) >= 11 is 0. The Bertz CT molecular complexity index is 374. The first-order chi connectivity index (χ1) is 6.25. The van der Waals surface area contributed by atoms with Gasteiger partial charge in [-0.1, -0.05) is 24.3 Å². The molecule has 0 radical (unpaired) electrons. The highest BCUT2D eigenvalue weighted by atomic mass is 16.2. The van der Waals surface area contributed by atoms with E-state index in [1.807, 2.05) is 0 Å². The molecule has 0 spiro atoms. The number of rotatable bonds is 3. The predicted octanol–water partition coefficient (Wildman–Crippen LogP) is 0.376. The standard InChI is InChI=1S/C10H6O3/c11-5-9(13)10(6-12)7-1-2-8(10)4-3-7/h1-6H. The van der Waals surface area contributed by atoms with E-state index in [1.165, 1.54) is 0 Å².